The van der Waals surface area contributed by atoms with Crippen LogP contribution in [0.25, 0.3) is 0 Å². The molecule has 1 unspecified atom stereocenters. The van der Waals surface area contributed by atoms with Crippen LogP contribution < -0.4 is 10.6 Å². The van der Waals surface area contributed by atoms with E-state index in [4.69, 9.17) is 14.7 Å². The number of carboxylic acids is 1. The van der Waals surface area contributed by atoms with Gasteiger partial charge in [0.1, 0.15) is 11.5 Å². The van der Waals surface area contributed by atoms with Gasteiger partial charge in [0, 0.05) is 38.4 Å². The lowest BCUT2D eigenvalue weighted by atomic mass is 9.88. The maximum Gasteiger partial charge on any atom is 0.490 e. The summed E-state index contributed by atoms with van der Waals surface area (Å²) >= 11 is 0. The first kappa shape index (κ1) is 28.3. The molecule has 204 valence electrons. The Labute approximate surface area is 214 Å². The van der Waals surface area contributed by atoms with Crippen LogP contribution in [0.1, 0.15) is 30.4 Å². The third-order valence-electron chi connectivity index (χ3n) is 5.68. The molecule has 1 aromatic heterocycles. The van der Waals surface area contributed by atoms with E-state index in [-0.39, 0.29) is 24.3 Å². The normalized spacial score (nSPS) is 18.5. The van der Waals surface area contributed by atoms with E-state index in [1.54, 1.807) is 29.4 Å². The van der Waals surface area contributed by atoms with E-state index < -0.39 is 17.7 Å². The van der Waals surface area contributed by atoms with Gasteiger partial charge in [0.05, 0.1) is 6.54 Å². The number of urea groups is 1. The second-order valence-electron chi connectivity index (χ2n) is 8.65. The van der Waals surface area contributed by atoms with Gasteiger partial charge in [0.25, 0.3) is 5.91 Å². The minimum Gasteiger partial charge on any atom is -0.475 e. The van der Waals surface area contributed by atoms with Crippen LogP contribution >= 0.6 is 0 Å². The molecule has 0 saturated carbocycles. The number of piperidine rings is 1. The maximum absolute atomic E-state index is 13.3. The number of rotatable bonds is 5. The van der Waals surface area contributed by atoms with E-state index in [0.29, 0.717) is 43.8 Å². The number of carbonyl (C=O) groups is 3. The van der Waals surface area contributed by atoms with Crippen molar-refractivity contribution in [3.8, 4) is 0 Å². The van der Waals surface area contributed by atoms with Crippen molar-refractivity contribution < 1.29 is 41.9 Å². The van der Waals surface area contributed by atoms with Crippen LogP contribution in [-0.2, 0) is 27.5 Å². The number of halogens is 4. The van der Waals surface area contributed by atoms with Gasteiger partial charge in [-0.15, -0.1) is 0 Å². The van der Waals surface area contributed by atoms with Gasteiger partial charge in [0.2, 0.25) is 0 Å². The summed E-state index contributed by atoms with van der Waals surface area (Å²) in [5.41, 5.74) is 1.22. The van der Waals surface area contributed by atoms with Gasteiger partial charge in [0.15, 0.2) is 5.60 Å². The molecule has 1 spiro atoms. The topological polar surface area (TPSA) is 133 Å². The zero-order valence-electron chi connectivity index (χ0n) is 20.0. The minimum atomic E-state index is -5.08. The van der Waals surface area contributed by atoms with E-state index in [1.165, 1.54) is 12.1 Å². The van der Waals surface area contributed by atoms with Crippen LogP contribution in [0.3, 0.4) is 0 Å². The molecule has 1 aromatic carbocycles. The lowest BCUT2D eigenvalue weighted by Gasteiger charge is -2.38. The zero-order valence-corrected chi connectivity index (χ0v) is 20.0. The lowest BCUT2D eigenvalue weighted by Crippen LogP contribution is -2.53. The number of benzene rings is 1. The zero-order chi connectivity index (χ0) is 27.8. The molecule has 2 aromatic rings. The van der Waals surface area contributed by atoms with E-state index in [1.807, 2.05) is 12.1 Å². The number of alkyl halides is 3. The molecule has 38 heavy (non-hydrogen) atoms. The van der Waals surface area contributed by atoms with Gasteiger partial charge in [-0.3, -0.25) is 9.78 Å². The molecule has 1 saturated heterocycles. The highest BCUT2D eigenvalue weighted by molar-refractivity contribution is 6.39. The molecule has 14 heteroatoms. The van der Waals surface area contributed by atoms with Crippen LogP contribution in [0.2, 0.25) is 0 Å². The number of nitrogens with one attached hydrogen (secondary N) is 2. The molecule has 2 aliphatic rings. The Morgan fingerprint density at radius 1 is 1.11 bits per heavy atom. The summed E-state index contributed by atoms with van der Waals surface area (Å²) in [6.45, 7) is 1.51. The fourth-order valence-corrected chi connectivity index (χ4v) is 3.86. The number of aliphatic carboxylic acids is 1. The molecule has 10 nitrogen and oxygen atoms in total. The third-order valence-corrected chi connectivity index (χ3v) is 5.68. The van der Waals surface area contributed by atoms with Crippen LogP contribution in [0, 0.1) is 5.82 Å². The van der Waals surface area contributed by atoms with Gasteiger partial charge in [-0.05, 0) is 42.2 Å². The summed E-state index contributed by atoms with van der Waals surface area (Å²) in [6.07, 6.45) is 0.0832. The molecule has 3 N–H and O–H groups in total. The first-order valence-electron chi connectivity index (χ1n) is 11.5. The van der Waals surface area contributed by atoms with Crippen LogP contribution in [0.15, 0.2) is 53.9 Å². The number of oxime groups is 1. The van der Waals surface area contributed by atoms with Gasteiger partial charge < -0.3 is 25.5 Å². The highest BCUT2D eigenvalue weighted by Gasteiger charge is 2.45. The predicted molar refractivity (Wildman–Crippen MR) is 125 cm³/mol. The molecular weight excluding hydrogens is 514 g/mol. The quantitative estimate of drug-likeness (QED) is 0.501. The SMILES string of the molecule is O=C(NCc1cccnc1)C1=NOC2(CCCN(C(=O)NCc3cccc(F)c3)C2)C1.O=C(O)C(F)(F)F. The molecule has 0 radical (unpaired) electrons. The number of aromatic nitrogens is 1. The predicted octanol–water partition coefficient (Wildman–Crippen LogP) is 2.99. The van der Waals surface area contributed by atoms with E-state index in [0.717, 1.165) is 12.0 Å². The third kappa shape index (κ3) is 8.15. The van der Waals surface area contributed by atoms with E-state index in [2.05, 4.69) is 20.8 Å². The molecule has 0 aliphatic carbocycles. The highest BCUT2D eigenvalue weighted by atomic mass is 19.4. The summed E-state index contributed by atoms with van der Waals surface area (Å²) in [7, 11) is 0. The second-order valence-corrected chi connectivity index (χ2v) is 8.65. The van der Waals surface area contributed by atoms with Crippen LogP contribution in [0.5, 0.6) is 0 Å². The Balaban J connectivity index is 0.000000505. The average molecular weight is 539 g/mol. The Bertz CT molecular complexity index is 1180. The van der Waals surface area contributed by atoms with Crippen molar-refractivity contribution in [1.29, 1.82) is 0 Å². The molecule has 2 aliphatic heterocycles. The first-order valence-corrected chi connectivity index (χ1v) is 11.5. The van der Waals surface area contributed by atoms with Gasteiger partial charge >= 0.3 is 18.2 Å². The molecular formula is C24H25F4N5O5. The number of amides is 3. The van der Waals surface area contributed by atoms with Crippen molar-refractivity contribution in [3.63, 3.8) is 0 Å². The number of pyridine rings is 1. The Hall–Kier alpha value is -4.23. The highest BCUT2D eigenvalue weighted by Crippen LogP contribution is 2.33. The molecule has 4 rings (SSSR count). The molecule has 1 atom stereocenters. The Morgan fingerprint density at radius 2 is 1.82 bits per heavy atom. The molecule has 3 amide bonds. The second kappa shape index (κ2) is 12.3. The summed E-state index contributed by atoms with van der Waals surface area (Å²) in [5.74, 6) is -3.38. The summed E-state index contributed by atoms with van der Waals surface area (Å²) in [6, 6.07) is 9.56. The fraction of sp³-hybridized carbons (Fsp3) is 0.375. The van der Waals surface area contributed by atoms with Crippen molar-refractivity contribution in [2.45, 2.75) is 44.1 Å². The Kier molecular flexibility index (Phi) is 9.20. The molecule has 1 fully saturated rings. The maximum atomic E-state index is 13.3. The largest absolute Gasteiger partial charge is 0.490 e. The minimum absolute atomic E-state index is 0.236. The monoisotopic (exact) mass is 539 g/mol. The summed E-state index contributed by atoms with van der Waals surface area (Å²) < 4.78 is 45.0. The lowest BCUT2D eigenvalue weighted by molar-refractivity contribution is -0.192. The van der Waals surface area contributed by atoms with E-state index in [9.17, 15) is 27.2 Å². The van der Waals surface area contributed by atoms with Crippen LogP contribution in [-0.4, -0.2) is 63.5 Å². The Morgan fingerprint density at radius 3 is 2.47 bits per heavy atom. The van der Waals surface area contributed by atoms with Gasteiger partial charge in [-0.25, -0.2) is 14.0 Å². The number of carboxylic acid groups (broad SMARTS) is 1. The summed E-state index contributed by atoms with van der Waals surface area (Å²) in [4.78, 5) is 45.3. The van der Waals surface area contributed by atoms with Crippen molar-refractivity contribution in [2.75, 3.05) is 13.1 Å². The number of carbonyl (C=O) groups excluding carboxylic acids is 2. The van der Waals surface area contributed by atoms with Crippen molar-refractivity contribution in [2.24, 2.45) is 5.16 Å². The summed E-state index contributed by atoms with van der Waals surface area (Å²) in [5, 5.41) is 16.8. The molecule has 0 bridgehead atoms. The number of likely N-dealkylation sites (tertiary alicyclic amines) is 1. The fourth-order valence-electron chi connectivity index (χ4n) is 3.86. The van der Waals surface area contributed by atoms with Gasteiger partial charge in [-0.2, -0.15) is 13.2 Å². The number of nitrogens with zero attached hydrogens (tertiary/aromatic N) is 3. The standard InChI is InChI=1S/C22H24FN5O3.C2HF3O2/c23-18-6-1-4-16(10-18)13-26-21(30)28-9-3-7-22(15-28)11-19(27-31-22)20(29)25-14-17-5-2-8-24-12-17;3-2(4,5)1(6)7/h1-2,4-6,8,10,12H,3,7,9,11,13-15H2,(H,25,29)(H,26,30);(H,6,7). The van der Waals surface area contributed by atoms with Crippen molar-refractivity contribution >= 4 is 23.6 Å². The average Bonchev–Trinajstić information content (AvgIpc) is 3.29. The number of hydrogen-bond acceptors (Lipinski definition) is 6. The molecule has 3 heterocycles. The van der Waals surface area contributed by atoms with Crippen molar-refractivity contribution in [1.82, 2.24) is 20.5 Å². The smallest absolute Gasteiger partial charge is 0.475 e. The first-order chi connectivity index (χ1) is 18.0. The number of hydrogen-bond donors (Lipinski definition) is 3. The van der Waals surface area contributed by atoms with Gasteiger partial charge in [-0.1, -0.05) is 23.4 Å². The van der Waals surface area contributed by atoms with Crippen molar-refractivity contribution in [3.05, 3.63) is 65.7 Å². The van der Waals surface area contributed by atoms with Crippen LogP contribution in [0.4, 0.5) is 22.4 Å². The van der Waals surface area contributed by atoms with E-state index >= 15 is 0 Å².